The van der Waals surface area contributed by atoms with Gasteiger partial charge in [-0.25, -0.2) is 4.39 Å². The summed E-state index contributed by atoms with van der Waals surface area (Å²) >= 11 is 5.72. The topological polar surface area (TPSA) is 58.2 Å². The minimum Gasteiger partial charge on any atom is -0.268 e. The molecule has 112 valence electrons. The maximum atomic E-state index is 13.0. The van der Waals surface area contributed by atoms with Gasteiger partial charge in [-0.1, -0.05) is 23.7 Å². The van der Waals surface area contributed by atoms with Gasteiger partial charge in [0.2, 0.25) is 0 Å². The third kappa shape index (κ3) is 4.71. The monoisotopic (exact) mass is 318 g/mol. The fourth-order valence-corrected chi connectivity index (χ4v) is 1.74. The summed E-state index contributed by atoms with van der Waals surface area (Å²) in [6.45, 7) is 0. The molecule has 0 saturated carbocycles. The molecule has 0 aliphatic rings. The quantitative estimate of drug-likeness (QED) is 0.675. The van der Waals surface area contributed by atoms with Crippen molar-refractivity contribution < 1.29 is 14.0 Å². The lowest BCUT2D eigenvalue weighted by Gasteiger charge is -2.05. The maximum Gasteiger partial charge on any atom is 0.269 e. The first-order valence-electron chi connectivity index (χ1n) is 6.34. The van der Waals surface area contributed by atoms with Gasteiger partial charge in [-0.3, -0.25) is 20.4 Å². The van der Waals surface area contributed by atoms with Crippen molar-refractivity contribution in [3.05, 3.63) is 76.6 Å². The Kier molecular flexibility index (Phi) is 5.27. The Balaban J connectivity index is 1.87. The van der Waals surface area contributed by atoms with E-state index in [2.05, 4.69) is 10.9 Å². The number of hydrogen-bond acceptors (Lipinski definition) is 2. The second-order valence-electron chi connectivity index (χ2n) is 4.34. The molecule has 0 aliphatic carbocycles. The van der Waals surface area contributed by atoms with E-state index in [0.29, 0.717) is 16.1 Å². The van der Waals surface area contributed by atoms with Gasteiger partial charge in [-0.05, 0) is 48.0 Å². The molecule has 4 nitrogen and oxygen atoms in total. The smallest absolute Gasteiger partial charge is 0.268 e. The number of rotatable bonds is 3. The highest BCUT2D eigenvalue weighted by atomic mass is 35.5. The lowest BCUT2D eigenvalue weighted by molar-refractivity contribution is -0.117. The van der Waals surface area contributed by atoms with Crippen LogP contribution in [0.2, 0.25) is 5.02 Å². The summed E-state index contributed by atoms with van der Waals surface area (Å²) in [6, 6.07) is 12.0. The van der Waals surface area contributed by atoms with E-state index < -0.39 is 17.6 Å². The lowest BCUT2D eigenvalue weighted by Crippen LogP contribution is -2.40. The van der Waals surface area contributed by atoms with Gasteiger partial charge in [0.1, 0.15) is 5.82 Å². The predicted octanol–water partition coefficient (Wildman–Crippen LogP) is 2.95. The molecule has 0 atom stereocenters. The number of hydrazine groups is 1. The van der Waals surface area contributed by atoms with E-state index in [1.807, 2.05) is 0 Å². The summed E-state index contributed by atoms with van der Waals surface area (Å²) in [6.07, 6.45) is 2.63. The molecule has 2 N–H and O–H groups in total. The third-order valence-electron chi connectivity index (χ3n) is 2.68. The van der Waals surface area contributed by atoms with Crippen LogP contribution in [0.15, 0.2) is 54.6 Å². The van der Waals surface area contributed by atoms with Crippen molar-refractivity contribution in [1.82, 2.24) is 10.9 Å². The molecule has 0 saturated heterocycles. The molecular formula is C16H12ClFN2O2. The number of carbonyl (C=O) groups excluding carboxylic acids is 2. The van der Waals surface area contributed by atoms with Crippen molar-refractivity contribution in [2.24, 2.45) is 0 Å². The van der Waals surface area contributed by atoms with Crippen LogP contribution in [-0.4, -0.2) is 11.8 Å². The van der Waals surface area contributed by atoms with Gasteiger partial charge in [-0.15, -0.1) is 0 Å². The molecule has 6 heteroatoms. The number of carbonyl (C=O) groups is 2. The van der Waals surface area contributed by atoms with Gasteiger partial charge < -0.3 is 0 Å². The highest BCUT2D eigenvalue weighted by Gasteiger charge is 2.05. The van der Waals surface area contributed by atoms with Gasteiger partial charge in [0, 0.05) is 16.7 Å². The number of amides is 2. The number of hydrogen-bond donors (Lipinski definition) is 2. The van der Waals surface area contributed by atoms with Crippen molar-refractivity contribution in [1.29, 1.82) is 0 Å². The maximum absolute atomic E-state index is 13.0. The van der Waals surface area contributed by atoms with E-state index in [9.17, 15) is 14.0 Å². The van der Waals surface area contributed by atoms with Crippen LogP contribution in [-0.2, 0) is 4.79 Å². The van der Waals surface area contributed by atoms with Crippen molar-refractivity contribution in [2.45, 2.75) is 0 Å². The zero-order chi connectivity index (χ0) is 15.9. The average molecular weight is 319 g/mol. The van der Waals surface area contributed by atoms with Crippen LogP contribution in [0.4, 0.5) is 4.39 Å². The molecule has 0 bridgehead atoms. The minimum absolute atomic E-state index is 0.360. The third-order valence-corrected chi connectivity index (χ3v) is 2.93. The Labute approximate surface area is 131 Å². The standard InChI is InChI=1S/C16H12ClFN2O2/c17-13-7-5-12(6-8-13)16(22)20-19-15(21)9-4-11-2-1-3-14(18)10-11/h1-10H,(H,19,21)(H,20,22)/b9-4+. The molecule has 22 heavy (non-hydrogen) atoms. The summed E-state index contributed by atoms with van der Waals surface area (Å²) in [5, 5.41) is 0.513. The molecular weight excluding hydrogens is 307 g/mol. The first kappa shape index (κ1) is 15.7. The van der Waals surface area contributed by atoms with Crippen LogP contribution in [0.3, 0.4) is 0 Å². The van der Waals surface area contributed by atoms with E-state index in [1.54, 1.807) is 18.2 Å². The van der Waals surface area contributed by atoms with Gasteiger partial charge in [-0.2, -0.15) is 0 Å². The second-order valence-corrected chi connectivity index (χ2v) is 4.78. The number of benzene rings is 2. The highest BCUT2D eigenvalue weighted by molar-refractivity contribution is 6.30. The lowest BCUT2D eigenvalue weighted by atomic mass is 10.2. The molecule has 2 aromatic carbocycles. The van der Waals surface area contributed by atoms with Crippen LogP contribution >= 0.6 is 11.6 Å². The molecule has 0 unspecified atom stereocenters. The van der Waals surface area contributed by atoms with Gasteiger partial charge in [0.05, 0.1) is 0 Å². The van der Waals surface area contributed by atoms with E-state index in [0.717, 1.165) is 0 Å². The molecule has 0 aromatic heterocycles. The van der Waals surface area contributed by atoms with Crippen LogP contribution in [0.5, 0.6) is 0 Å². The molecule has 0 spiro atoms. The summed E-state index contributed by atoms with van der Waals surface area (Å²) in [5.74, 6) is -1.39. The van der Waals surface area contributed by atoms with E-state index in [4.69, 9.17) is 11.6 Å². The van der Waals surface area contributed by atoms with E-state index in [-0.39, 0.29) is 0 Å². The average Bonchev–Trinajstić information content (AvgIpc) is 2.51. The minimum atomic E-state index is -0.536. The zero-order valence-corrected chi connectivity index (χ0v) is 12.1. The largest absolute Gasteiger partial charge is 0.269 e. The summed E-state index contributed by atoms with van der Waals surface area (Å²) in [5.41, 5.74) is 5.39. The molecule has 0 radical (unpaired) electrons. The van der Waals surface area contributed by atoms with Gasteiger partial charge in [0.25, 0.3) is 11.8 Å². The van der Waals surface area contributed by atoms with Gasteiger partial charge in [0.15, 0.2) is 0 Å². The first-order chi connectivity index (χ1) is 10.5. The fraction of sp³-hybridized carbons (Fsp3) is 0. The molecule has 2 amide bonds. The highest BCUT2D eigenvalue weighted by Crippen LogP contribution is 2.09. The van der Waals surface area contributed by atoms with Crippen molar-refractivity contribution in [2.75, 3.05) is 0 Å². The van der Waals surface area contributed by atoms with Crippen LogP contribution in [0, 0.1) is 5.82 Å². The summed E-state index contributed by atoms with van der Waals surface area (Å²) < 4.78 is 13.0. The van der Waals surface area contributed by atoms with Crippen LogP contribution < -0.4 is 10.9 Å². The predicted molar refractivity (Wildman–Crippen MR) is 82.5 cm³/mol. The van der Waals surface area contributed by atoms with Crippen molar-refractivity contribution in [3.63, 3.8) is 0 Å². The van der Waals surface area contributed by atoms with Crippen LogP contribution in [0.1, 0.15) is 15.9 Å². The normalized spacial score (nSPS) is 10.5. The Hall–Kier alpha value is -2.66. The molecule has 2 aromatic rings. The van der Waals surface area contributed by atoms with E-state index in [1.165, 1.54) is 42.5 Å². The Bertz CT molecular complexity index is 714. The Morgan fingerprint density at radius 2 is 1.77 bits per heavy atom. The molecule has 2 rings (SSSR count). The van der Waals surface area contributed by atoms with Crippen molar-refractivity contribution in [3.8, 4) is 0 Å². The van der Waals surface area contributed by atoms with Crippen LogP contribution in [0.25, 0.3) is 6.08 Å². The van der Waals surface area contributed by atoms with Gasteiger partial charge >= 0.3 is 0 Å². The number of halogens is 2. The zero-order valence-electron chi connectivity index (χ0n) is 11.3. The summed E-state index contributed by atoms with van der Waals surface area (Å²) in [7, 11) is 0. The summed E-state index contributed by atoms with van der Waals surface area (Å²) in [4.78, 5) is 23.3. The first-order valence-corrected chi connectivity index (χ1v) is 6.72. The molecule has 0 heterocycles. The SMILES string of the molecule is O=C(/C=C/c1cccc(F)c1)NNC(=O)c1ccc(Cl)cc1. The fourth-order valence-electron chi connectivity index (χ4n) is 1.62. The Morgan fingerprint density at radius 3 is 2.45 bits per heavy atom. The molecule has 0 aliphatic heterocycles. The molecule has 0 fully saturated rings. The second kappa shape index (κ2) is 7.38. The number of nitrogens with one attached hydrogen (secondary N) is 2. The van der Waals surface area contributed by atoms with Crippen molar-refractivity contribution >= 4 is 29.5 Å². The Morgan fingerprint density at radius 1 is 1.05 bits per heavy atom. The van der Waals surface area contributed by atoms with E-state index >= 15 is 0 Å².